The molecule has 2 aromatic carbocycles. The lowest BCUT2D eigenvalue weighted by Gasteiger charge is -2.24. The Kier molecular flexibility index (Phi) is 10.0. The molecule has 5 rings (SSSR count). The lowest BCUT2D eigenvalue weighted by Crippen LogP contribution is -2.33. The first-order valence-electron chi connectivity index (χ1n) is 16.2. The molecule has 0 N–H and O–H groups in total. The molecule has 0 bridgehead atoms. The summed E-state index contributed by atoms with van der Waals surface area (Å²) >= 11 is 0. The Morgan fingerprint density at radius 2 is 1.61 bits per heavy atom. The summed E-state index contributed by atoms with van der Waals surface area (Å²) in [4.78, 5) is 49.4. The average Bonchev–Trinajstić information content (AvgIpc) is 3.61. The molecule has 0 radical (unpaired) electrons. The van der Waals surface area contributed by atoms with Crippen molar-refractivity contribution in [1.82, 2.24) is 9.97 Å². The van der Waals surface area contributed by atoms with E-state index < -0.39 is 34.9 Å². The average molecular weight is 625 g/mol. The first-order valence-corrected chi connectivity index (χ1v) is 16.2. The van der Waals surface area contributed by atoms with E-state index in [1.165, 1.54) is 0 Å². The van der Waals surface area contributed by atoms with Crippen LogP contribution >= 0.6 is 0 Å². The van der Waals surface area contributed by atoms with Crippen molar-refractivity contribution in [3.63, 3.8) is 0 Å². The number of nitrogens with zero attached hydrogens (tertiary/aromatic N) is 2. The second-order valence-corrected chi connectivity index (χ2v) is 13.3. The highest BCUT2D eigenvalue weighted by Gasteiger charge is 2.59. The highest BCUT2D eigenvalue weighted by molar-refractivity contribution is 5.88. The molecule has 0 aliphatic heterocycles. The first-order chi connectivity index (χ1) is 22.0. The number of ketones is 1. The summed E-state index contributed by atoms with van der Waals surface area (Å²) in [6, 6.07) is 21.3. The van der Waals surface area contributed by atoms with Gasteiger partial charge in [-0.3, -0.25) is 14.4 Å². The van der Waals surface area contributed by atoms with Gasteiger partial charge in [-0.05, 0) is 65.7 Å². The van der Waals surface area contributed by atoms with E-state index in [-0.39, 0.29) is 24.1 Å². The Labute approximate surface area is 271 Å². The fourth-order valence-electron chi connectivity index (χ4n) is 6.52. The second-order valence-electron chi connectivity index (χ2n) is 13.3. The van der Waals surface area contributed by atoms with Crippen molar-refractivity contribution < 1.29 is 28.6 Å². The van der Waals surface area contributed by atoms with E-state index in [0.717, 1.165) is 11.1 Å². The van der Waals surface area contributed by atoms with Gasteiger partial charge in [0.1, 0.15) is 17.5 Å². The highest BCUT2D eigenvalue weighted by Crippen LogP contribution is 2.57. The van der Waals surface area contributed by atoms with Crippen molar-refractivity contribution in [2.24, 2.45) is 23.2 Å². The Hall–Kier alpha value is -4.33. The zero-order valence-electron chi connectivity index (χ0n) is 27.2. The largest absolute Gasteiger partial charge is 0.474 e. The van der Waals surface area contributed by atoms with E-state index in [2.05, 4.69) is 6.58 Å². The van der Waals surface area contributed by atoms with Gasteiger partial charge >= 0.3 is 11.9 Å². The van der Waals surface area contributed by atoms with Crippen LogP contribution in [0.1, 0.15) is 66.2 Å². The van der Waals surface area contributed by atoms with Crippen LogP contribution in [0.4, 0.5) is 0 Å². The molecule has 0 unspecified atom stereocenters. The monoisotopic (exact) mass is 624 g/mol. The molecule has 8 heteroatoms. The Bertz CT molecular complexity index is 1490. The van der Waals surface area contributed by atoms with E-state index in [1.807, 2.05) is 81.4 Å². The normalized spacial score (nSPS) is 23.7. The molecule has 3 aromatic rings. The van der Waals surface area contributed by atoms with Gasteiger partial charge in [0.25, 0.3) is 0 Å². The molecular formula is C38H44N2O6. The molecule has 1 heterocycles. The van der Waals surface area contributed by atoms with Gasteiger partial charge in [0.2, 0.25) is 5.88 Å². The molecule has 5 atom stereocenters. The van der Waals surface area contributed by atoms with Crippen molar-refractivity contribution >= 4 is 17.7 Å². The zero-order chi connectivity index (χ0) is 32.9. The molecule has 2 fully saturated rings. The molecule has 0 amide bonds. The van der Waals surface area contributed by atoms with Gasteiger partial charge < -0.3 is 14.2 Å². The van der Waals surface area contributed by atoms with Gasteiger partial charge in [-0.15, -0.1) is 6.58 Å². The van der Waals surface area contributed by atoms with E-state index in [1.54, 1.807) is 19.1 Å². The number of Topliss-reactive ketones (excluding diaryl/α,β-unsaturated/α-hetero) is 1. The predicted molar refractivity (Wildman–Crippen MR) is 176 cm³/mol. The maximum absolute atomic E-state index is 13.7. The van der Waals surface area contributed by atoms with Crippen LogP contribution in [0.5, 0.6) is 5.88 Å². The number of rotatable bonds is 13. The number of allylic oxidation sites excluding steroid dienone is 1. The molecule has 0 spiro atoms. The fourth-order valence-corrected chi connectivity index (χ4v) is 6.52. The molecule has 2 aliphatic carbocycles. The Morgan fingerprint density at radius 3 is 2.22 bits per heavy atom. The first kappa shape index (κ1) is 33.0. The maximum Gasteiger partial charge on any atom is 0.312 e. The molecule has 8 nitrogen and oxygen atoms in total. The van der Waals surface area contributed by atoms with E-state index in [9.17, 15) is 14.4 Å². The summed E-state index contributed by atoms with van der Waals surface area (Å²) in [6.45, 7) is 11.4. The van der Waals surface area contributed by atoms with Gasteiger partial charge in [0.15, 0.2) is 5.82 Å². The zero-order valence-corrected chi connectivity index (χ0v) is 27.2. The van der Waals surface area contributed by atoms with Crippen molar-refractivity contribution in [3.05, 3.63) is 79.4 Å². The van der Waals surface area contributed by atoms with Gasteiger partial charge in [-0.2, -0.15) is 4.98 Å². The minimum absolute atomic E-state index is 0.0191. The van der Waals surface area contributed by atoms with E-state index in [0.29, 0.717) is 56.1 Å². The predicted octanol–water partition coefficient (Wildman–Crippen LogP) is 7.42. The van der Waals surface area contributed by atoms with Gasteiger partial charge in [-0.1, -0.05) is 66.7 Å². The summed E-state index contributed by atoms with van der Waals surface area (Å²) < 4.78 is 17.6. The lowest BCUT2D eigenvalue weighted by molar-refractivity contribution is -0.162. The lowest BCUT2D eigenvalue weighted by atomic mass is 9.87. The van der Waals surface area contributed by atoms with Crippen LogP contribution in [-0.4, -0.2) is 46.0 Å². The number of hydrogen-bond acceptors (Lipinski definition) is 8. The molecule has 242 valence electrons. The molecule has 46 heavy (non-hydrogen) atoms. The van der Waals surface area contributed by atoms with Crippen molar-refractivity contribution in [2.75, 3.05) is 6.61 Å². The highest BCUT2D eigenvalue weighted by atomic mass is 16.6. The Morgan fingerprint density at radius 1 is 0.957 bits per heavy atom. The van der Waals surface area contributed by atoms with Crippen molar-refractivity contribution in [3.8, 4) is 28.5 Å². The summed E-state index contributed by atoms with van der Waals surface area (Å²) in [7, 11) is 0. The van der Waals surface area contributed by atoms with Crippen LogP contribution in [0.2, 0.25) is 0 Å². The summed E-state index contributed by atoms with van der Waals surface area (Å²) in [5, 5.41) is 0. The minimum Gasteiger partial charge on any atom is -0.474 e. The summed E-state index contributed by atoms with van der Waals surface area (Å²) in [5.41, 5.74) is 1.21. The molecule has 2 aliphatic rings. The van der Waals surface area contributed by atoms with Crippen LogP contribution in [0.15, 0.2) is 79.4 Å². The number of carbonyl (C=O) groups is 3. The number of ether oxygens (including phenoxy) is 3. The van der Waals surface area contributed by atoms with Gasteiger partial charge in [-0.25, -0.2) is 4.98 Å². The summed E-state index contributed by atoms with van der Waals surface area (Å²) in [6.07, 6.45) is 4.10. The smallest absolute Gasteiger partial charge is 0.312 e. The third kappa shape index (κ3) is 7.72. The van der Waals surface area contributed by atoms with Crippen LogP contribution < -0.4 is 4.74 Å². The third-order valence-corrected chi connectivity index (χ3v) is 8.88. The number of carbonyl (C=O) groups excluding carboxylic acids is 3. The molecular weight excluding hydrogens is 580 g/mol. The minimum atomic E-state index is -0.691. The molecule has 1 aromatic heterocycles. The van der Waals surface area contributed by atoms with Crippen LogP contribution in [-0.2, 0) is 23.9 Å². The topological polar surface area (TPSA) is 105 Å². The standard InChI is InChI=1S/C38H44N2O6/c1-6-27-24-38(27,36(43)44-7-2)20-14-19-32(41)29-21-28(22-30(29)35(42)46-37(3,4)5)45-33-23-31(25-15-10-8-11-16-25)39-34(40-33)26-17-12-9-13-18-26/h6,8-13,15-18,23,27-30H,1,7,14,19-22,24H2,2-5H3/t27-,28-,29-,30-,38+/m1/s1. The van der Waals surface area contributed by atoms with Crippen LogP contribution in [0, 0.1) is 23.2 Å². The maximum atomic E-state index is 13.7. The number of aromatic nitrogens is 2. The number of esters is 2. The van der Waals surface area contributed by atoms with E-state index in [4.69, 9.17) is 24.2 Å². The number of benzene rings is 2. The quantitative estimate of drug-likeness (QED) is 0.143. The Balaban J connectivity index is 1.34. The molecule has 0 saturated heterocycles. The van der Waals surface area contributed by atoms with E-state index >= 15 is 0 Å². The van der Waals surface area contributed by atoms with Crippen LogP contribution in [0.25, 0.3) is 22.6 Å². The third-order valence-electron chi connectivity index (χ3n) is 8.88. The summed E-state index contributed by atoms with van der Waals surface area (Å²) in [5.74, 6) is -0.855. The van der Waals surface area contributed by atoms with Gasteiger partial charge in [0, 0.05) is 29.5 Å². The van der Waals surface area contributed by atoms with Crippen LogP contribution in [0.3, 0.4) is 0 Å². The van der Waals surface area contributed by atoms with Gasteiger partial charge in [0.05, 0.1) is 23.6 Å². The SMILES string of the molecule is C=C[C@@H]1C[C@]1(CCCC(=O)[C@@H]1C[C@@H](Oc2cc(-c3ccccc3)nc(-c3ccccc3)n2)C[C@H]1C(=O)OC(C)(C)C)C(=O)OCC. The second kappa shape index (κ2) is 14.0. The fraction of sp³-hybridized carbons (Fsp3) is 0.447. The van der Waals surface area contributed by atoms with Crippen molar-refractivity contribution in [1.29, 1.82) is 0 Å². The molecule has 2 saturated carbocycles. The van der Waals surface area contributed by atoms with Crippen molar-refractivity contribution in [2.45, 2.75) is 77.9 Å². The number of hydrogen-bond donors (Lipinski definition) is 0.